The first-order valence-corrected chi connectivity index (χ1v) is 9.83. The standard InChI is InChI=1S/C22H21N5O4/c1-26-8-7-22(29,21(26)28)19-11-17(25-31-19)14-6-4-5-13(9-14)16-10-18(30-3)15-12-23-27(2)20(15)24-16/h4-6,9-12,29H,7-8H2,1-3H3/t22-/m1/s1. The summed E-state index contributed by atoms with van der Waals surface area (Å²) in [5.41, 5.74) is 1.94. The smallest absolute Gasteiger partial charge is 0.262 e. The molecule has 1 saturated heterocycles. The van der Waals surface area contributed by atoms with E-state index in [1.54, 1.807) is 31.1 Å². The molecule has 1 atom stereocenters. The Hall–Kier alpha value is -3.72. The molecule has 0 aliphatic carbocycles. The van der Waals surface area contributed by atoms with E-state index in [1.165, 1.54) is 4.90 Å². The molecular formula is C22H21N5O4. The topological polar surface area (TPSA) is 107 Å². The van der Waals surface area contributed by atoms with Gasteiger partial charge in [0.1, 0.15) is 11.4 Å². The van der Waals surface area contributed by atoms with Crippen LogP contribution >= 0.6 is 0 Å². The number of rotatable bonds is 4. The molecule has 0 radical (unpaired) electrons. The first-order chi connectivity index (χ1) is 14.9. The maximum Gasteiger partial charge on any atom is 0.262 e. The Balaban J connectivity index is 1.54. The van der Waals surface area contributed by atoms with Crippen LogP contribution in [-0.4, -0.2) is 56.5 Å². The van der Waals surface area contributed by atoms with Crippen LogP contribution in [0.2, 0.25) is 0 Å². The van der Waals surface area contributed by atoms with Crippen LogP contribution in [0.3, 0.4) is 0 Å². The van der Waals surface area contributed by atoms with E-state index in [0.29, 0.717) is 18.0 Å². The lowest BCUT2D eigenvalue weighted by Gasteiger charge is -2.16. The van der Waals surface area contributed by atoms with Crippen LogP contribution < -0.4 is 4.74 Å². The zero-order chi connectivity index (χ0) is 21.8. The average Bonchev–Trinajstić information content (AvgIpc) is 3.49. The van der Waals surface area contributed by atoms with E-state index >= 15 is 0 Å². The first-order valence-electron chi connectivity index (χ1n) is 9.83. The van der Waals surface area contributed by atoms with Crippen molar-refractivity contribution < 1.29 is 19.2 Å². The Morgan fingerprint density at radius 1 is 1.16 bits per heavy atom. The second kappa shape index (κ2) is 6.92. The van der Waals surface area contributed by atoms with Crippen LogP contribution in [0.5, 0.6) is 5.75 Å². The predicted octanol–water partition coefficient (Wildman–Crippen LogP) is 2.35. The summed E-state index contributed by atoms with van der Waals surface area (Å²) < 4.78 is 12.6. The zero-order valence-corrected chi connectivity index (χ0v) is 17.4. The van der Waals surface area contributed by atoms with Crippen LogP contribution in [0.1, 0.15) is 12.2 Å². The van der Waals surface area contributed by atoms with Crippen LogP contribution in [0, 0.1) is 0 Å². The van der Waals surface area contributed by atoms with Gasteiger partial charge in [0, 0.05) is 50.3 Å². The molecule has 3 aromatic heterocycles. The van der Waals surface area contributed by atoms with Crippen molar-refractivity contribution in [2.75, 3.05) is 20.7 Å². The summed E-state index contributed by atoms with van der Waals surface area (Å²) in [6.07, 6.45) is 2.00. The van der Waals surface area contributed by atoms with Gasteiger partial charge in [0.15, 0.2) is 11.4 Å². The average molecular weight is 419 g/mol. The lowest BCUT2D eigenvalue weighted by molar-refractivity contribution is -0.144. The molecule has 0 saturated carbocycles. The van der Waals surface area contributed by atoms with E-state index < -0.39 is 5.60 Å². The van der Waals surface area contributed by atoms with Gasteiger partial charge in [-0.15, -0.1) is 0 Å². The van der Waals surface area contributed by atoms with E-state index in [1.807, 2.05) is 37.4 Å². The number of likely N-dealkylation sites (tertiary alicyclic amines) is 1. The SMILES string of the molecule is COc1cc(-c2cccc(-c3cc([C@]4(O)CCN(C)C4=O)on3)c2)nc2c1cnn2C. The number of aliphatic hydroxyl groups is 1. The third-order valence-electron chi connectivity index (χ3n) is 5.77. The molecule has 9 heteroatoms. The maximum atomic E-state index is 12.3. The van der Waals surface area contributed by atoms with Gasteiger partial charge in [-0.05, 0) is 6.07 Å². The summed E-state index contributed by atoms with van der Waals surface area (Å²) >= 11 is 0. The molecule has 9 nitrogen and oxygen atoms in total. The fourth-order valence-corrected chi connectivity index (χ4v) is 3.93. The quantitative estimate of drug-likeness (QED) is 0.541. The normalized spacial score (nSPS) is 18.8. The monoisotopic (exact) mass is 419 g/mol. The molecule has 31 heavy (non-hydrogen) atoms. The number of benzene rings is 1. The van der Waals surface area contributed by atoms with E-state index in [9.17, 15) is 9.90 Å². The van der Waals surface area contributed by atoms with E-state index in [2.05, 4.69) is 10.3 Å². The number of nitrogens with zero attached hydrogens (tertiary/aromatic N) is 5. The second-order valence-corrected chi connectivity index (χ2v) is 7.71. The molecule has 4 heterocycles. The molecule has 1 fully saturated rings. The van der Waals surface area contributed by atoms with Crippen molar-refractivity contribution in [3.8, 4) is 28.3 Å². The molecule has 1 N–H and O–H groups in total. The predicted molar refractivity (Wildman–Crippen MR) is 112 cm³/mol. The van der Waals surface area contributed by atoms with Crippen LogP contribution in [0.25, 0.3) is 33.5 Å². The molecule has 1 aliphatic rings. The summed E-state index contributed by atoms with van der Waals surface area (Å²) in [6.45, 7) is 0.463. The van der Waals surface area contributed by atoms with Crippen molar-refractivity contribution in [3.63, 3.8) is 0 Å². The summed E-state index contributed by atoms with van der Waals surface area (Å²) in [5, 5.41) is 20.0. The molecule has 1 amide bonds. The Labute approximate surface area is 177 Å². The Morgan fingerprint density at radius 2 is 1.94 bits per heavy atom. The van der Waals surface area contributed by atoms with Crippen LogP contribution in [-0.2, 0) is 17.4 Å². The molecule has 0 bridgehead atoms. The number of ether oxygens (including phenoxy) is 1. The van der Waals surface area contributed by atoms with E-state index in [0.717, 1.165) is 27.9 Å². The highest BCUT2D eigenvalue weighted by Crippen LogP contribution is 2.36. The van der Waals surface area contributed by atoms with Gasteiger partial charge in [-0.2, -0.15) is 5.10 Å². The Bertz CT molecular complexity index is 1310. The molecule has 4 aromatic rings. The number of aryl methyl sites for hydroxylation is 1. The van der Waals surface area contributed by atoms with Crippen molar-refractivity contribution in [1.29, 1.82) is 0 Å². The van der Waals surface area contributed by atoms with E-state index in [4.69, 9.17) is 14.2 Å². The zero-order valence-electron chi connectivity index (χ0n) is 17.4. The highest BCUT2D eigenvalue weighted by Gasteiger charge is 2.48. The second-order valence-electron chi connectivity index (χ2n) is 7.71. The van der Waals surface area contributed by atoms with Gasteiger partial charge >= 0.3 is 0 Å². The van der Waals surface area contributed by atoms with Gasteiger partial charge in [0.05, 0.1) is 24.4 Å². The summed E-state index contributed by atoms with van der Waals surface area (Å²) in [4.78, 5) is 18.6. The van der Waals surface area contributed by atoms with Gasteiger partial charge in [0.25, 0.3) is 5.91 Å². The fourth-order valence-electron chi connectivity index (χ4n) is 3.93. The minimum Gasteiger partial charge on any atom is -0.496 e. The van der Waals surface area contributed by atoms with Crippen molar-refractivity contribution in [1.82, 2.24) is 24.8 Å². The number of likely N-dealkylation sites (N-methyl/N-ethyl adjacent to an activating group) is 1. The number of pyridine rings is 1. The first kappa shape index (κ1) is 19.3. The minimum atomic E-state index is -1.67. The Morgan fingerprint density at radius 3 is 2.65 bits per heavy atom. The minimum absolute atomic E-state index is 0.151. The largest absolute Gasteiger partial charge is 0.496 e. The summed E-state index contributed by atoms with van der Waals surface area (Å²) in [7, 11) is 5.10. The number of fused-ring (bicyclic) bond motifs is 1. The third-order valence-corrected chi connectivity index (χ3v) is 5.77. The van der Waals surface area contributed by atoms with Crippen LogP contribution in [0.4, 0.5) is 0 Å². The van der Waals surface area contributed by atoms with Crippen molar-refractivity contribution >= 4 is 16.9 Å². The number of hydrogen-bond acceptors (Lipinski definition) is 7. The Kier molecular flexibility index (Phi) is 4.30. The lowest BCUT2D eigenvalue weighted by Crippen LogP contribution is -2.35. The highest BCUT2D eigenvalue weighted by molar-refractivity contribution is 5.88. The summed E-state index contributed by atoms with van der Waals surface area (Å²) in [5.74, 6) is 0.455. The van der Waals surface area contributed by atoms with Gasteiger partial charge < -0.3 is 19.3 Å². The number of hydrogen-bond donors (Lipinski definition) is 1. The molecule has 0 unspecified atom stereocenters. The number of aromatic nitrogens is 4. The van der Waals surface area contributed by atoms with Gasteiger partial charge in [-0.1, -0.05) is 23.4 Å². The summed E-state index contributed by atoms with van der Waals surface area (Å²) in [6, 6.07) is 11.1. The number of carbonyl (C=O) groups excluding carboxylic acids is 1. The molecule has 1 aliphatic heterocycles. The van der Waals surface area contributed by atoms with E-state index in [-0.39, 0.29) is 18.1 Å². The molecule has 158 valence electrons. The lowest BCUT2D eigenvalue weighted by atomic mass is 9.97. The fraction of sp³-hybridized carbons (Fsp3) is 0.273. The molecular weight excluding hydrogens is 398 g/mol. The van der Waals surface area contributed by atoms with Crippen LogP contribution in [0.15, 0.2) is 47.1 Å². The third kappa shape index (κ3) is 2.97. The number of carbonyl (C=O) groups is 1. The van der Waals surface area contributed by atoms with Gasteiger partial charge in [0.2, 0.25) is 5.60 Å². The molecule has 5 rings (SSSR count). The van der Waals surface area contributed by atoms with Gasteiger partial charge in [-0.3, -0.25) is 9.48 Å². The number of methoxy groups -OCH3 is 1. The number of amides is 1. The van der Waals surface area contributed by atoms with Crippen molar-refractivity contribution in [3.05, 3.63) is 48.4 Å². The van der Waals surface area contributed by atoms with Crippen molar-refractivity contribution in [2.24, 2.45) is 7.05 Å². The highest BCUT2D eigenvalue weighted by atomic mass is 16.5. The molecule has 1 aromatic carbocycles. The molecule has 0 spiro atoms. The van der Waals surface area contributed by atoms with Gasteiger partial charge in [-0.25, -0.2) is 4.98 Å². The van der Waals surface area contributed by atoms with Crippen molar-refractivity contribution in [2.45, 2.75) is 12.0 Å². The maximum absolute atomic E-state index is 12.3.